The van der Waals surface area contributed by atoms with E-state index >= 15 is 0 Å². The zero-order chi connectivity index (χ0) is 20.7. The van der Waals surface area contributed by atoms with Crippen molar-refractivity contribution in [1.29, 1.82) is 0 Å². The van der Waals surface area contributed by atoms with Gasteiger partial charge in [-0.05, 0) is 46.0 Å². The molecule has 146 valence electrons. The van der Waals surface area contributed by atoms with E-state index in [0.29, 0.717) is 32.0 Å². The Hall–Kier alpha value is -3.41. The van der Waals surface area contributed by atoms with Gasteiger partial charge in [0.25, 0.3) is 5.91 Å². The second-order valence-corrected chi connectivity index (χ2v) is 8.12. The van der Waals surface area contributed by atoms with Crippen LogP contribution in [0.3, 0.4) is 0 Å². The molecule has 0 aliphatic carbocycles. The number of amides is 1. The molecule has 2 heterocycles. The summed E-state index contributed by atoms with van der Waals surface area (Å²) in [4.78, 5) is 26.8. The highest BCUT2D eigenvalue weighted by atomic mass is 35.5. The lowest BCUT2D eigenvalue weighted by Crippen LogP contribution is -2.15. The fourth-order valence-electron chi connectivity index (χ4n) is 3.52. The minimum Gasteiger partial charge on any atom is -0.439 e. The van der Waals surface area contributed by atoms with E-state index in [1.54, 1.807) is 30.3 Å². The van der Waals surface area contributed by atoms with Gasteiger partial charge in [0.1, 0.15) is 5.58 Å². The smallest absolute Gasteiger partial charge is 0.268 e. The van der Waals surface area contributed by atoms with Crippen LogP contribution in [0.5, 0.6) is 0 Å². The quantitative estimate of drug-likeness (QED) is 0.351. The number of carbonyl (C=O) groups is 1. The Kier molecular flexibility index (Phi) is 4.62. The molecule has 0 atom stereocenters. The molecule has 0 radical (unpaired) electrons. The van der Waals surface area contributed by atoms with E-state index in [-0.39, 0.29) is 17.2 Å². The third-order valence-electron chi connectivity index (χ3n) is 4.88. The Morgan fingerprint density at radius 3 is 2.60 bits per heavy atom. The van der Waals surface area contributed by atoms with Gasteiger partial charge < -0.3 is 4.42 Å². The van der Waals surface area contributed by atoms with Crippen LogP contribution in [0.2, 0.25) is 5.02 Å². The first-order chi connectivity index (χ1) is 14.6. The summed E-state index contributed by atoms with van der Waals surface area (Å²) in [6.07, 6.45) is 0. The first kappa shape index (κ1) is 18.6. The van der Waals surface area contributed by atoms with Crippen molar-refractivity contribution in [2.45, 2.75) is 0 Å². The normalized spacial score (nSPS) is 11.1. The number of hydrogen-bond acceptors (Lipinski definition) is 4. The predicted octanol–water partition coefficient (Wildman–Crippen LogP) is 6.58. The molecule has 2 aromatic heterocycles. The number of anilines is 1. The third kappa shape index (κ3) is 3.18. The molecule has 1 N–H and O–H groups in total. The maximum atomic E-state index is 13.5. The second-order valence-electron chi connectivity index (χ2n) is 6.73. The molecule has 6 heteroatoms. The molecule has 0 aliphatic heterocycles. The summed E-state index contributed by atoms with van der Waals surface area (Å²) < 4.78 is 6.01. The van der Waals surface area contributed by atoms with E-state index in [2.05, 4.69) is 5.32 Å². The number of benzene rings is 3. The Morgan fingerprint density at radius 1 is 0.933 bits per heavy atom. The zero-order valence-electron chi connectivity index (χ0n) is 15.5. The van der Waals surface area contributed by atoms with Gasteiger partial charge in [0.2, 0.25) is 11.3 Å². The van der Waals surface area contributed by atoms with E-state index in [9.17, 15) is 9.59 Å². The molecule has 4 nitrogen and oxygen atoms in total. The van der Waals surface area contributed by atoms with Gasteiger partial charge in [0.15, 0.2) is 0 Å². The standard InChI is InChI=1S/C24H14ClNO3S/c25-15-10-11-19-18(13-15)22(27)21(17-8-3-6-14-5-1-2-7-16(14)17)24(29-19)26-23(28)20-9-4-12-30-20/h1-13H,(H,26,28). The van der Waals surface area contributed by atoms with Gasteiger partial charge in [-0.2, -0.15) is 0 Å². The van der Waals surface area contributed by atoms with Gasteiger partial charge in [0.05, 0.1) is 15.8 Å². The summed E-state index contributed by atoms with van der Waals surface area (Å²) >= 11 is 7.44. The highest BCUT2D eigenvalue weighted by Gasteiger charge is 2.21. The average molecular weight is 432 g/mol. The van der Waals surface area contributed by atoms with Crippen LogP contribution in [-0.4, -0.2) is 5.91 Å². The Labute approximate surface area is 180 Å². The van der Waals surface area contributed by atoms with E-state index < -0.39 is 0 Å². The summed E-state index contributed by atoms with van der Waals surface area (Å²) in [6.45, 7) is 0. The molecule has 5 aromatic rings. The number of thiophene rings is 1. The minimum atomic E-state index is -0.331. The van der Waals surface area contributed by atoms with E-state index in [1.807, 2.05) is 47.8 Å². The topological polar surface area (TPSA) is 59.3 Å². The maximum absolute atomic E-state index is 13.5. The van der Waals surface area contributed by atoms with Crippen molar-refractivity contribution >= 4 is 56.5 Å². The highest BCUT2D eigenvalue weighted by Crippen LogP contribution is 2.34. The molecule has 30 heavy (non-hydrogen) atoms. The molecular weight excluding hydrogens is 418 g/mol. The molecule has 0 unspecified atom stereocenters. The van der Waals surface area contributed by atoms with Crippen LogP contribution in [0.15, 0.2) is 87.4 Å². The lowest BCUT2D eigenvalue weighted by molar-refractivity contribution is 0.102. The van der Waals surface area contributed by atoms with Crippen molar-refractivity contribution in [2.24, 2.45) is 0 Å². The molecule has 0 fully saturated rings. The monoisotopic (exact) mass is 431 g/mol. The molecule has 3 aromatic carbocycles. The second kappa shape index (κ2) is 7.44. The van der Waals surface area contributed by atoms with Crippen LogP contribution in [0.25, 0.3) is 32.9 Å². The molecule has 0 saturated heterocycles. The van der Waals surface area contributed by atoms with E-state index in [1.165, 1.54) is 11.3 Å². The van der Waals surface area contributed by atoms with Crippen LogP contribution in [0, 0.1) is 0 Å². The van der Waals surface area contributed by atoms with Crippen molar-refractivity contribution in [3.05, 3.63) is 98.3 Å². The van der Waals surface area contributed by atoms with Crippen LogP contribution in [-0.2, 0) is 0 Å². The molecular formula is C24H14ClNO3S. The number of halogens is 1. The number of hydrogen-bond donors (Lipinski definition) is 1. The van der Waals surface area contributed by atoms with Gasteiger partial charge in [-0.15, -0.1) is 11.3 Å². The van der Waals surface area contributed by atoms with Crippen molar-refractivity contribution in [1.82, 2.24) is 0 Å². The summed E-state index contributed by atoms with van der Waals surface area (Å²) in [5, 5.41) is 7.29. The van der Waals surface area contributed by atoms with Gasteiger partial charge in [-0.3, -0.25) is 14.9 Å². The van der Waals surface area contributed by atoms with Gasteiger partial charge in [-0.1, -0.05) is 60.1 Å². The molecule has 5 rings (SSSR count). The largest absolute Gasteiger partial charge is 0.439 e. The van der Waals surface area contributed by atoms with Crippen LogP contribution in [0.4, 0.5) is 5.88 Å². The Balaban J connectivity index is 1.81. The summed E-state index contributed by atoms with van der Waals surface area (Å²) in [5.74, 6) is -0.215. The van der Waals surface area contributed by atoms with E-state index in [4.69, 9.17) is 16.0 Å². The van der Waals surface area contributed by atoms with Crippen LogP contribution in [0.1, 0.15) is 9.67 Å². The summed E-state index contributed by atoms with van der Waals surface area (Å²) in [7, 11) is 0. The lowest BCUT2D eigenvalue weighted by Gasteiger charge is -2.13. The van der Waals surface area contributed by atoms with Gasteiger partial charge in [0, 0.05) is 5.02 Å². The fraction of sp³-hybridized carbons (Fsp3) is 0. The van der Waals surface area contributed by atoms with Gasteiger partial charge in [-0.25, -0.2) is 0 Å². The third-order valence-corrected chi connectivity index (χ3v) is 5.99. The Morgan fingerprint density at radius 2 is 1.77 bits per heavy atom. The zero-order valence-corrected chi connectivity index (χ0v) is 17.1. The number of carbonyl (C=O) groups excluding carboxylic acids is 1. The highest BCUT2D eigenvalue weighted by molar-refractivity contribution is 7.12. The van der Waals surface area contributed by atoms with Gasteiger partial charge >= 0.3 is 0 Å². The van der Waals surface area contributed by atoms with E-state index in [0.717, 1.165) is 10.8 Å². The van der Waals surface area contributed by atoms with Crippen molar-refractivity contribution < 1.29 is 9.21 Å². The Bertz CT molecular complexity index is 1470. The average Bonchev–Trinajstić information content (AvgIpc) is 3.30. The summed E-state index contributed by atoms with van der Waals surface area (Å²) in [5.41, 5.74) is 1.09. The first-order valence-corrected chi connectivity index (χ1v) is 10.5. The first-order valence-electron chi connectivity index (χ1n) is 9.21. The van der Waals surface area contributed by atoms with Crippen LogP contribution < -0.4 is 10.7 Å². The molecule has 0 spiro atoms. The summed E-state index contributed by atoms with van der Waals surface area (Å²) in [6, 6.07) is 21.9. The predicted molar refractivity (Wildman–Crippen MR) is 123 cm³/mol. The van der Waals surface area contributed by atoms with Crippen molar-refractivity contribution in [2.75, 3.05) is 5.32 Å². The van der Waals surface area contributed by atoms with Crippen molar-refractivity contribution in [3.63, 3.8) is 0 Å². The maximum Gasteiger partial charge on any atom is 0.268 e. The van der Waals surface area contributed by atoms with Crippen molar-refractivity contribution in [3.8, 4) is 11.1 Å². The molecule has 0 saturated carbocycles. The minimum absolute atomic E-state index is 0.115. The number of fused-ring (bicyclic) bond motifs is 2. The molecule has 0 bridgehead atoms. The SMILES string of the molecule is O=C(Nc1oc2ccc(Cl)cc2c(=O)c1-c1cccc2ccccc12)c1cccs1. The number of nitrogens with one attached hydrogen (secondary N) is 1. The lowest BCUT2D eigenvalue weighted by atomic mass is 9.97. The number of rotatable bonds is 3. The van der Waals surface area contributed by atoms with Crippen LogP contribution >= 0.6 is 22.9 Å². The molecule has 1 amide bonds. The fourth-order valence-corrected chi connectivity index (χ4v) is 4.31. The molecule has 0 aliphatic rings.